The van der Waals surface area contributed by atoms with E-state index in [1.807, 2.05) is 13.0 Å². The van der Waals surface area contributed by atoms with Crippen LogP contribution in [0, 0.1) is 10.1 Å². The van der Waals surface area contributed by atoms with Crippen molar-refractivity contribution < 1.29 is 10.0 Å². The van der Waals surface area contributed by atoms with Gasteiger partial charge >= 0.3 is 0 Å². The standard InChI is InChI=1S/C12H16N2O3/c1-2-12(15)8-13(9-12)7-10-4-3-5-11(6-10)14(16)17/h3-6,15H,2,7-9H2,1H3. The molecule has 1 fully saturated rings. The Morgan fingerprint density at radius 2 is 2.24 bits per heavy atom. The number of aliphatic hydroxyl groups is 1. The second-order valence-corrected chi connectivity index (χ2v) is 4.65. The minimum Gasteiger partial charge on any atom is -0.387 e. The summed E-state index contributed by atoms with van der Waals surface area (Å²) in [6.07, 6.45) is 0.748. The number of nitro benzene ring substituents is 1. The number of likely N-dealkylation sites (tertiary alicyclic amines) is 1. The van der Waals surface area contributed by atoms with Gasteiger partial charge in [0.15, 0.2) is 0 Å². The molecule has 0 spiro atoms. The largest absolute Gasteiger partial charge is 0.387 e. The summed E-state index contributed by atoms with van der Waals surface area (Å²) in [5.74, 6) is 0. The van der Waals surface area contributed by atoms with Crippen LogP contribution in [0.5, 0.6) is 0 Å². The fourth-order valence-corrected chi connectivity index (χ4v) is 2.15. The highest BCUT2D eigenvalue weighted by molar-refractivity contribution is 5.34. The van der Waals surface area contributed by atoms with Crippen LogP contribution in [0.15, 0.2) is 24.3 Å². The molecule has 92 valence electrons. The molecule has 0 aromatic heterocycles. The van der Waals surface area contributed by atoms with E-state index in [1.165, 1.54) is 6.07 Å². The molecule has 1 aliphatic heterocycles. The maximum atomic E-state index is 10.6. The molecular formula is C12H16N2O3. The molecule has 5 heteroatoms. The fourth-order valence-electron chi connectivity index (χ4n) is 2.15. The lowest BCUT2D eigenvalue weighted by molar-refractivity contribution is -0.384. The minimum atomic E-state index is -0.555. The molecule has 1 aliphatic rings. The van der Waals surface area contributed by atoms with Crippen LogP contribution in [0.1, 0.15) is 18.9 Å². The number of β-amino-alcohol motifs (C(OH)–C–C–N with tert-alkyl or cyclic N) is 1. The van der Waals surface area contributed by atoms with Gasteiger partial charge < -0.3 is 5.11 Å². The lowest BCUT2D eigenvalue weighted by Gasteiger charge is -2.46. The monoisotopic (exact) mass is 236 g/mol. The molecule has 1 aromatic carbocycles. The summed E-state index contributed by atoms with van der Waals surface area (Å²) in [6.45, 7) is 3.91. The van der Waals surface area contributed by atoms with Crippen molar-refractivity contribution in [2.24, 2.45) is 0 Å². The first kappa shape index (κ1) is 12.0. The summed E-state index contributed by atoms with van der Waals surface area (Å²) in [7, 11) is 0. The highest BCUT2D eigenvalue weighted by Crippen LogP contribution is 2.26. The predicted octanol–water partition coefficient (Wildman–Crippen LogP) is 1.55. The third kappa shape index (κ3) is 2.62. The van der Waals surface area contributed by atoms with Gasteiger partial charge in [0.05, 0.1) is 10.5 Å². The van der Waals surface area contributed by atoms with Crippen LogP contribution in [0.2, 0.25) is 0 Å². The van der Waals surface area contributed by atoms with Crippen molar-refractivity contribution in [3.63, 3.8) is 0 Å². The average molecular weight is 236 g/mol. The van der Waals surface area contributed by atoms with Crippen molar-refractivity contribution in [1.82, 2.24) is 4.90 Å². The normalized spacial score (nSPS) is 18.7. The number of nitrogens with zero attached hydrogens (tertiary/aromatic N) is 2. The number of rotatable bonds is 4. The number of hydrogen-bond acceptors (Lipinski definition) is 4. The first-order valence-electron chi connectivity index (χ1n) is 5.70. The topological polar surface area (TPSA) is 66.6 Å². The summed E-state index contributed by atoms with van der Waals surface area (Å²) in [5.41, 5.74) is 0.479. The van der Waals surface area contributed by atoms with E-state index in [0.29, 0.717) is 19.6 Å². The number of non-ortho nitro benzene ring substituents is 1. The summed E-state index contributed by atoms with van der Waals surface area (Å²) in [6, 6.07) is 6.64. The molecule has 17 heavy (non-hydrogen) atoms. The smallest absolute Gasteiger partial charge is 0.269 e. The van der Waals surface area contributed by atoms with Gasteiger partial charge in [0, 0.05) is 31.8 Å². The van der Waals surface area contributed by atoms with E-state index in [-0.39, 0.29) is 10.6 Å². The maximum Gasteiger partial charge on any atom is 0.269 e. The van der Waals surface area contributed by atoms with Gasteiger partial charge in [0.1, 0.15) is 0 Å². The lowest BCUT2D eigenvalue weighted by Crippen LogP contribution is -2.60. The third-order valence-electron chi connectivity index (χ3n) is 3.22. The van der Waals surface area contributed by atoms with E-state index in [2.05, 4.69) is 4.90 Å². The Morgan fingerprint density at radius 1 is 1.53 bits per heavy atom. The first-order chi connectivity index (χ1) is 8.02. The van der Waals surface area contributed by atoms with Crippen molar-refractivity contribution in [3.8, 4) is 0 Å². The molecule has 0 atom stereocenters. The van der Waals surface area contributed by atoms with Gasteiger partial charge in [0.25, 0.3) is 5.69 Å². The van der Waals surface area contributed by atoms with E-state index in [9.17, 15) is 15.2 Å². The number of nitro groups is 1. The van der Waals surface area contributed by atoms with Gasteiger partial charge in [-0.05, 0) is 12.0 Å². The molecule has 0 radical (unpaired) electrons. The molecule has 1 aromatic rings. The molecule has 1 heterocycles. The Kier molecular flexibility index (Phi) is 3.13. The molecule has 1 N–H and O–H groups in total. The minimum absolute atomic E-state index is 0.119. The second kappa shape index (κ2) is 4.43. The van der Waals surface area contributed by atoms with Crippen LogP contribution in [-0.4, -0.2) is 33.6 Å². The van der Waals surface area contributed by atoms with E-state index in [0.717, 1.165) is 12.0 Å². The third-order valence-corrected chi connectivity index (χ3v) is 3.22. The molecule has 5 nitrogen and oxygen atoms in total. The summed E-state index contributed by atoms with van der Waals surface area (Å²) in [4.78, 5) is 12.3. The van der Waals surface area contributed by atoms with Gasteiger partial charge in [-0.15, -0.1) is 0 Å². The summed E-state index contributed by atoms with van der Waals surface area (Å²) < 4.78 is 0. The van der Waals surface area contributed by atoms with E-state index in [1.54, 1.807) is 12.1 Å². The highest BCUT2D eigenvalue weighted by atomic mass is 16.6. The second-order valence-electron chi connectivity index (χ2n) is 4.65. The van der Waals surface area contributed by atoms with Crippen LogP contribution >= 0.6 is 0 Å². The van der Waals surface area contributed by atoms with Crippen LogP contribution < -0.4 is 0 Å². The summed E-state index contributed by atoms with van der Waals surface area (Å²) >= 11 is 0. The Balaban J connectivity index is 1.97. The van der Waals surface area contributed by atoms with Crippen molar-refractivity contribution in [1.29, 1.82) is 0 Å². The zero-order valence-corrected chi connectivity index (χ0v) is 9.80. The van der Waals surface area contributed by atoms with E-state index >= 15 is 0 Å². The van der Waals surface area contributed by atoms with Crippen LogP contribution in [0.25, 0.3) is 0 Å². The molecule has 1 saturated heterocycles. The lowest BCUT2D eigenvalue weighted by atomic mass is 9.91. The molecule has 0 aliphatic carbocycles. The van der Waals surface area contributed by atoms with Crippen LogP contribution in [-0.2, 0) is 6.54 Å². The number of benzene rings is 1. The van der Waals surface area contributed by atoms with Gasteiger partial charge in [-0.3, -0.25) is 15.0 Å². The maximum absolute atomic E-state index is 10.6. The van der Waals surface area contributed by atoms with Gasteiger partial charge in [-0.2, -0.15) is 0 Å². The van der Waals surface area contributed by atoms with Crippen molar-refractivity contribution in [3.05, 3.63) is 39.9 Å². The Morgan fingerprint density at radius 3 is 2.82 bits per heavy atom. The zero-order valence-electron chi connectivity index (χ0n) is 9.80. The molecule has 0 saturated carbocycles. The van der Waals surface area contributed by atoms with Crippen LogP contribution in [0.4, 0.5) is 5.69 Å². The Bertz CT molecular complexity index is 428. The zero-order chi connectivity index (χ0) is 12.5. The Hall–Kier alpha value is -1.46. The molecular weight excluding hydrogens is 220 g/mol. The van der Waals surface area contributed by atoms with Gasteiger partial charge in [-0.25, -0.2) is 0 Å². The van der Waals surface area contributed by atoms with E-state index < -0.39 is 5.60 Å². The van der Waals surface area contributed by atoms with Crippen molar-refractivity contribution >= 4 is 5.69 Å². The molecule has 0 unspecified atom stereocenters. The van der Waals surface area contributed by atoms with Crippen molar-refractivity contribution in [2.45, 2.75) is 25.5 Å². The molecule has 0 bridgehead atoms. The Labute approximate surface area is 99.8 Å². The quantitative estimate of drug-likeness (QED) is 0.636. The fraction of sp³-hybridized carbons (Fsp3) is 0.500. The van der Waals surface area contributed by atoms with Gasteiger partial charge in [0.2, 0.25) is 0 Å². The van der Waals surface area contributed by atoms with Crippen molar-refractivity contribution in [2.75, 3.05) is 13.1 Å². The SMILES string of the molecule is CCC1(O)CN(Cc2cccc([N+](=O)[O-])c2)C1. The predicted molar refractivity (Wildman–Crippen MR) is 63.6 cm³/mol. The molecule has 0 amide bonds. The van der Waals surface area contributed by atoms with E-state index in [4.69, 9.17) is 0 Å². The van der Waals surface area contributed by atoms with Gasteiger partial charge in [-0.1, -0.05) is 19.1 Å². The first-order valence-corrected chi connectivity index (χ1v) is 5.70. The summed E-state index contributed by atoms with van der Waals surface area (Å²) in [5, 5.41) is 20.5. The highest BCUT2D eigenvalue weighted by Gasteiger charge is 2.39. The molecule has 2 rings (SSSR count). The van der Waals surface area contributed by atoms with Crippen LogP contribution in [0.3, 0.4) is 0 Å². The number of hydrogen-bond donors (Lipinski definition) is 1. The average Bonchev–Trinajstić information content (AvgIpc) is 2.27.